The standard InChI is InChI=1S/C22H22O4/c1-25-18-11-7-15(8-12-18)13-20(23)21(24)14-17-10-9-16-5-3-4-6-19(16)22(17)26-2/h3-12,20,23H,13-14H2,1-2H3. The number of fused-ring (bicyclic) bond motifs is 1. The largest absolute Gasteiger partial charge is 0.497 e. The van der Waals surface area contributed by atoms with Crippen molar-refractivity contribution in [2.75, 3.05) is 14.2 Å². The molecule has 1 N–H and O–H groups in total. The van der Waals surface area contributed by atoms with Crippen LogP contribution in [0.4, 0.5) is 0 Å². The van der Waals surface area contributed by atoms with E-state index in [0.29, 0.717) is 5.75 Å². The highest BCUT2D eigenvalue weighted by atomic mass is 16.5. The lowest BCUT2D eigenvalue weighted by Gasteiger charge is -2.14. The Balaban J connectivity index is 1.75. The lowest BCUT2D eigenvalue weighted by atomic mass is 9.97. The van der Waals surface area contributed by atoms with Crippen LogP contribution in [0.5, 0.6) is 11.5 Å². The second-order valence-corrected chi connectivity index (χ2v) is 6.19. The molecule has 0 saturated carbocycles. The fourth-order valence-corrected chi connectivity index (χ4v) is 3.07. The van der Waals surface area contributed by atoms with Gasteiger partial charge in [-0.15, -0.1) is 0 Å². The Morgan fingerprint density at radius 1 is 0.962 bits per heavy atom. The molecule has 0 amide bonds. The maximum atomic E-state index is 12.5. The van der Waals surface area contributed by atoms with E-state index in [1.807, 2.05) is 60.7 Å². The van der Waals surface area contributed by atoms with E-state index in [4.69, 9.17) is 9.47 Å². The maximum absolute atomic E-state index is 12.5. The van der Waals surface area contributed by atoms with Crippen molar-refractivity contribution in [3.05, 3.63) is 71.8 Å². The van der Waals surface area contributed by atoms with Crippen molar-refractivity contribution in [3.63, 3.8) is 0 Å². The third-order valence-electron chi connectivity index (χ3n) is 4.49. The van der Waals surface area contributed by atoms with Crippen LogP contribution in [0.1, 0.15) is 11.1 Å². The summed E-state index contributed by atoms with van der Waals surface area (Å²) >= 11 is 0. The molecule has 0 heterocycles. The van der Waals surface area contributed by atoms with Crippen molar-refractivity contribution in [2.24, 2.45) is 0 Å². The van der Waals surface area contributed by atoms with Crippen molar-refractivity contribution in [1.29, 1.82) is 0 Å². The number of ether oxygens (including phenoxy) is 2. The van der Waals surface area contributed by atoms with Gasteiger partial charge in [-0.1, -0.05) is 48.5 Å². The molecule has 4 heteroatoms. The molecule has 0 spiro atoms. The molecule has 4 nitrogen and oxygen atoms in total. The summed E-state index contributed by atoms with van der Waals surface area (Å²) in [6.07, 6.45) is -0.649. The topological polar surface area (TPSA) is 55.8 Å². The SMILES string of the molecule is COc1ccc(CC(O)C(=O)Cc2ccc3ccccc3c2OC)cc1. The van der Waals surface area contributed by atoms with Crippen LogP contribution in [0.15, 0.2) is 60.7 Å². The first kappa shape index (κ1) is 18.0. The summed E-state index contributed by atoms with van der Waals surface area (Å²) in [6, 6.07) is 19.1. The van der Waals surface area contributed by atoms with Crippen molar-refractivity contribution in [2.45, 2.75) is 18.9 Å². The quantitative estimate of drug-likeness (QED) is 0.708. The molecular weight excluding hydrogens is 328 g/mol. The lowest BCUT2D eigenvalue weighted by Crippen LogP contribution is -2.24. The number of aliphatic hydroxyl groups is 1. The molecule has 3 aromatic carbocycles. The Morgan fingerprint density at radius 2 is 1.69 bits per heavy atom. The fraction of sp³-hybridized carbons (Fsp3) is 0.227. The molecule has 3 rings (SSSR count). The van der Waals surface area contributed by atoms with E-state index in [1.54, 1.807) is 14.2 Å². The predicted molar refractivity (Wildman–Crippen MR) is 102 cm³/mol. The molecule has 3 aromatic rings. The molecule has 134 valence electrons. The van der Waals surface area contributed by atoms with E-state index >= 15 is 0 Å². The van der Waals surface area contributed by atoms with E-state index in [1.165, 1.54) is 0 Å². The van der Waals surface area contributed by atoms with Gasteiger partial charge < -0.3 is 14.6 Å². The molecule has 0 radical (unpaired) electrons. The molecule has 0 aliphatic carbocycles. The van der Waals surface area contributed by atoms with Crippen LogP contribution < -0.4 is 9.47 Å². The molecule has 0 fully saturated rings. The molecule has 26 heavy (non-hydrogen) atoms. The average molecular weight is 350 g/mol. The number of hydrogen-bond acceptors (Lipinski definition) is 4. The Morgan fingerprint density at radius 3 is 2.38 bits per heavy atom. The van der Waals surface area contributed by atoms with Crippen LogP contribution in [-0.4, -0.2) is 31.2 Å². The summed E-state index contributed by atoms with van der Waals surface area (Å²) in [5, 5.41) is 12.3. The van der Waals surface area contributed by atoms with Gasteiger partial charge in [-0.05, 0) is 23.1 Å². The van der Waals surface area contributed by atoms with Gasteiger partial charge in [0.15, 0.2) is 5.78 Å². The zero-order valence-corrected chi connectivity index (χ0v) is 14.9. The van der Waals surface area contributed by atoms with Crippen molar-refractivity contribution in [3.8, 4) is 11.5 Å². The average Bonchev–Trinajstić information content (AvgIpc) is 2.68. The minimum atomic E-state index is -1.06. The van der Waals surface area contributed by atoms with Gasteiger partial charge in [0.1, 0.15) is 17.6 Å². The number of Topliss-reactive ketones (excluding diaryl/α,β-unsaturated/α-hetero) is 1. The van der Waals surface area contributed by atoms with Crippen molar-refractivity contribution >= 4 is 16.6 Å². The van der Waals surface area contributed by atoms with Crippen LogP contribution in [-0.2, 0) is 17.6 Å². The Bertz CT molecular complexity index is 900. The third kappa shape index (κ3) is 3.86. The number of hydrogen-bond donors (Lipinski definition) is 1. The lowest BCUT2D eigenvalue weighted by molar-refractivity contribution is -0.126. The highest BCUT2D eigenvalue weighted by molar-refractivity contribution is 5.92. The van der Waals surface area contributed by atoms with Crippen molar-refractivity contribution < 1.29 is 19.4 Å². The second kappa shape index (κ2) is 8.02. The normalized spacial score (nSPS) is 12.0. The van der Waals surface area contributed by atoms with E-state index < -0.39 is 6.10 Å². The van der Waals surface area contributed by atoms with Gasteiger partial charge in [-0.3, -0.25) is 4.79 Å². The molecule has 0 aliphatic heterocycles. The van der Waals surface area contributed by atoms with E-state index in [0.717, 1.165) is 27.6 Å². The predicted octanol–water partition coefficient (Wildman–Crippen LogP) is 3.57. The maximum Gasteiger partial charge on any atom is 0.166 e. The first-order chi connectivity index (χ1) is 12.6. The van der Waals surface area contributed by atoms with Gasteiger partial charge in [0.25, 0.3) is 0 Å². The number of benzene rings is 3. The first-order valence-corrected chi connectivity index (χ1v) is 8.50. The molecule has 1 atom stereocenters. The first-order valence-electron chi connectivity index (χ1n) is 8.50. The highest BCUT2D eigenvalue weighted by Gasteiger charge is 2.19. The summed E-state index contributed by atoms with van der Waals surface area (Å²) in [5.41, 5.74) is 1.67. The molecule has 0 bridgehead atoms. The zero-order valence-electron chi connectivity index (χ0n) is 14.9. The summed E-state index contributed by atoms with van der Waals surface area (Å²) in [6.45, 7) is 0. The van der Waals surface area contributed by atoms with Crippen LogP contribution >= 0.6 is 0 Å². The number of ketones is 1. The fourth-order valence-electron chi connectivity index (χ4n) is 3.07. The van der Waals surface area contributed by atoms with Gasteiger partial charge in [-0.2, -0.15) is 0 Å². The summed E-state index contributed by atoms with van der Waals surface area (Å²) in [4.78, 5) is 12.5. The Kier molecular flexibility index (Phi) is 5.54. The molecular formula is C22H22O4. The minimum Gasteiger partial charge on any atom is -0.497 e. The molecule has 0 aromatic heterocycles. The number of carbonyl (C=O) groups excluding carboxylic acids is 1. The van der Waals surface area contributed by atoms with Gasteiger partial charge in [0.2, 0.25) is 0 Å². The zero-order chi connectivity index (χ0) is 18.5. The van der Waals surface area contributed by atoms with Crippen LogP contribution in [0, 0.1) is 0 Å². The van der Waals surface area contributed by atoms with E-state index in [-0.39, 0.29) is 18.6 Å². The number of aliphatic hydroxyl groups excluding tert-OH is 1. The minimum absolute atomic E-state index is 0.130. The summed E-state index contributed by atoms with van der Waals surface area (Å²) in [7, 11) is 3.20. The summed E-state index contributed by atoms with van der Waals surface area (Å²) < 4.78 is 10.7. The van der Waals surface area contributed by atoms with Crippen LogP contribution in [0.25, 0.3) is 10.8 Å². The van der Waals surface area contributed by atoms with E-state index in [2.05, 4.69) is 0 Å². The smallest absolute Gasteiger partial charge is 0.166 e. The van der Waals surface area contributed by atoms with Crippen molar-refractivity contribution in [1.82, 2.24) is 0 Å². The van der Waals surface area contributed by atoms with E-state index in [9.17, 15) is 9.90 Å². The van der Waals surface area contributed by atoms with Crippen LogP contribution in [0.2, 0.25) is 0 Å². The van der Waals surface area contributed by atoms with Gasteiger partial charge in [0.05, 0.1) is 14.2 Å². The van der Waals surface area contributed by atoms with Gasteiger partial charge in [0, 0.05) is 23.8 Å². The number of methoxy groups -OCH3 is 2. The summed E-state index contributed by atoms with van der Waals surface area (Å²) in [5.74, 6) is 1.21. The second-order valence-electron chi connectivity index (χ2n) is 6.19. The number of rotatable bonds is 7. The Labute approximate surface area is 153 Å². The third-order valence-corrected chi connectivity index (χ3v) is 4.49. The molecule has 0 saturated heterocycles. The van der Waals surface area contributed by atoms with Gasteiger partial charge in [-0.25, -0.2) is 0 Å². The number of carbonyl (C=O) groups is 1. The highest BCUT2D eigenvalue weighted by Crippen LogP contribution is 2.30. The van der Waals surface area contributed by atoms with Crippen LogP contribution in [0.3, 0.4) is 0 Å². The van der Waals surface area contributed by atoms with Gasteiger partial charge >= 0.3 is 0 Å². The molecule has 0 aliphatic rings. The molecule has 1 unspecified atom stereocenters. The Hall–Kier alpha value is -2.85. The monoisotopic (exact) mass is 350 g/mol.